The van der Waals surface area contributed by atoms with Crippen molar-refractivity contribution in [3.63, 3.8) is 0 Å². The van der Waals surface area contributed by atoms with Gasteiger partial charge in [0.05, 0.1) is 5.02 Å². The maximum atomic E-state index is 13.0. The number of carbonyl (C=O) groups is 2. The Morgan fingerprint density at radius 2 is 1.76 bits per heavy atom. The molecule has 0 fully saturated rings. The summed E-state index contributed by atoms with van der Waals surface area (Å²) in [5, 5.41) is 10.5. The molecule has 2 rings (SSSR count). The molecule has 1 atom stereocenters. The van der Waals surface area contributed by atoms with Gasteiger partial charge in [0.25, 0.3) is 15.6 Å². The summed E-state index contributed by atoms with van der Waals surface area (Å²) in [6, 6.07) is 5.44. The lowest BCUT2D eigenvalue weighted by molar-refractivity contribution is -0.192. The fourth-order valence-electron chi connectivity index (χ4n) is 2.68. The van der Waals surface area contributed by atoms with Crippen molar-refractivity contribution < 1.29 is 41.1 Å². The lowest BCUT2D eigenvalue weighted by Crippen LogP contribution is -2.37. The molecule has 0 bridgehead atoms. The van der Waals surface area contributed by atoms with Gasteiger partial charge in [-0.2, -0.15) is 13.2 Å². The van der Waals surface area contributed by atoms with Crippen LogP contribution in [0.4, 0.5) is 18.9 Å². The van der Waals surface area contributed by atoms with Gasteiger partial charge in [-0.3, -0.25) is 18.9 Å². The van der Waals surface area contributed by atoms with Crippen molar-refractivity contribution >= 4 is 56.7 Å². The quantitative estimate of drug-likeness (QED) is 0.121. The second-order valence-corrected chi connectivity index (χ2v) is 9.60. The number of hydrogen-bond donors (Lipinski definition) is 5. The summed E-state index contributed by atoms with van der Waals surface area (Å²) in [5.41, 5.74) is 15.0. The number of aromatic nitrogens is 1. The number of aryl methyl sites for hydroxylation is 1. The third-order valence-corrected chi connectivity index (χ3v) is 6.36. The number of nitrogens with zero attached hydrogens (tertiary/aromatic N) is 2. The molecule has 1 amide bonds. The zero-order chi connectivity index (χ0) is 29.4. The highest BCUT2D eigenvalue weighted by Gasteiger charge is 2.38. The van der Waals surface area contributed by atoms with Crippen LogP contribution in [-0.2, 0) is 24.4 Å². The van der Waals surface area contributed by atoms with E-state index in [1.54, 1.807) is 6.92 Å². The van der Waals surface area contributed by atoms with E-state index >= 15 is 0 Å². The maximum Gasteiger partial charge on any atom is 0.490 e. The van der Waals surface area contributed by atoms with Crippen molar-refractivity contribution in [2.45, 2.75) is 30.5 Å². The van der Waals surface area contributed by atoms with Crippen molar-refractivity contribution in [2.24, 2.45) is 22.4 Å². The summed E-state index contributed by atoms with van der Waals surface area (Å²) < 4.78 is 60.5. The van der Waals surface area contributed by atoms with Crippen LogP contribution in [0.25, 0.3) is 0 Å². The molecular formula is C19H21Cl2F3N6O7S. The van der Waals surface area contributed by atoms with Crippen LogP contribution in [0.2, 0.25) is 10.0 Å². The number of nitrogens with one attached hydrogen (secondary N) is 1. The third kappa shape index (κ3) is 9.31. The van der Waals surface area contributed by atoms with E-state index in [9.17, 15) is 31.2 Å². The molecule has 19 heteroatoms. The highest BCUT2D eigenvalue weighted by Crippen LogP contribution is 2.26. The Kier molecular flexibility index (Phi) is 11.2. The minimum atomic E-state index is -5.08. The average molecular weight is 605 g/mol. The van der Waals surface area contributed by atoms with Crippen LogP contribution in [0.1, 0.15) is 18.2 Å². The minimum Gasteiger partial charge on any atom is -0.475 e. The second kappa shape index (κ2) is 13.2. The molecule has 38 heavy (non-hydrogen) atoms. The van der Waals surface area contributed by atoms with Gasteiger partial charge >= 0.3 is 12.1 Å². The first-order chi connectivity index (χ1) is 17.4. The number of amides is 1. The first-order valence-corrected chi connectivity index (χ1v) is 12.1. The number of carboxylic acids is 1. The molecule has 1 aromatic heterocycles. The largest absolute Gasteiger partial charge is 0.490 e. The Morgan fingerprint density at radius 1 is 1.18 bits per heavy atom. The Bertz CT molecular complexity index is 1380. The monoisotopic (exact) mass is 604 g/mol. The minimum absolute atomic E-state index is 0.0524. The number of anilines is 1. The standard InChI is InChI=1S/C17H20Cl2N6O5S.C2HF3O2/c1-9-2-5-12(24-31(28,29)14-8-10(18)3-4-11(14)19)16(27)25(9)13(15(20)26)6-7-30-23-17(21)22;3-2(4,5)1(6)7/h2-5,8,13,24H,6-7H2,1H3,(H2,20,26)(H4,21,22,23);(H,6,7). The Hall–Kier alpha value is -3.70. The molecule has 2 aromatic rings. The molecule has 1 aromatic carbocycles. The Morgan fingerprint density at radius 3 is 2.26 bits per heavy atom. The first kappa shape index (κ1) is 32.3. The van der Waals surface area contributed by atoms with Gasteiger partial charge in [-0.25, -0.2) is 13.2 Å². The zero-order valence-electron chi connectivity index (χ0n) is 19.2. The van der Waals surface area contributed by atoms with Crippen molar-refractivity contribution in [2.75, 3.05) is 11.3 Å². The molecule has 0 aliphatic heterocycles. The number of rotatable bonds is 9. The molecule has 0 saturated carbocycles. The van der Waals surface area contributed by atoms with E-state index in [1.807, 2.05) is 0 Å². The van der Waals surface area contributed by atoms with Crippen LogP contribution < -0.4 is 27.5 Å². The van der Waals surface area contributed by atoms with Gasteiger partial charge < -0.3 is 27.1 Å². The van der Waals surface area contributed by atoms with Crippen molar-refractivity contribution in [3.8, 4) is 0 Å². The summed E-state index contributed by atoms with van der Waals surface area (Å²) in [7, 11) is -4.26. The van der Waals surface area contributed by atoms with Crippen molar-refractivity contribution in [1.29, 1.82) is 0 Å². The number of halogens is 5. The smallest absolute Gasteiger partial charge is 0.475 e. The van der Waals surface area contributed by atoms with Gasteiger partial charge in [-0.1, -0.05) is 23.2 Å². The van der Waals surface area contributed by atoms with Gasteiger partial charge in [0.2, 0.25) is 11.9 Å². The third-order valence-electron chi connectivity index (χ3n) is 4.28. The molecule has 1 unspecified atom stereocenters. The molecule has 0 spiro atoms. The number of sulfonamides is 1. The number of alkyl halides is 3. The Labute approximate surface area is 223 Å². The topological polar surface area (TPSA) is 222 Å². The number of nitrogens with two attached hydrogens (primary N) is 3. The van der Waals surface area contributed by atoms with Crippen LogP contribution >= 0.6 is 23.2 Å². The van der Waals surface area contributed by atoms with Gasteiger partial charge in [-0.15, -0.1) is 0 Å². The normalized spacial score (nSPS) is 11.9. The van der Waals surface area contributed by atoms with Crippen LogP contribution in [-0.4, -0.2) is 48.7 Å². The molecule has 210 valence electrons. The van der Waals surface area contributed by atoms with E-state index < -0.39 is 39.7 Å². The van der Waals surface area contributed by atoms with E-state index in [-0.39, 0.29) is 39.6 Å². The summed E-state index contributed by atoms with van der Waals surface area (Å²) in [5.74, 6) is -3.91. The van der Waals surface area contributed by atoms with Crippen molar-refractivity contribution in [3.05, 3.63) is 56.4 Å². The van der Waals surface area contributed by atoms with Gasteiger partial charge in [0.1, 0.15) is 23.2 Å². The van der Waals surface area contributed by atoms with Gasteiger partial charge in [0, 0.05) is 17.1 Å². The van der Waals surface area contributed by atoms with E-state index in [0.717, 1.165) is 10.6 Å². The number of carboxylic acid groups (broad SMARTS) is 1. The molecular weight excluding hydrogens is 584 g/mol. The highest BCUT2D eigenvalue weighted by atomic mass is 35.5. The SMILES string of the molecule is Cc1ccc(NS(=O)(=O)c2cc(Cl)ccc2Cl)c(=O)n1C(CCON=C(N)N)C(N)=O.O=C(O)C(F)(F)F. The second-order valence-electron chi connectivity index (χ2n) is 7.10. The van der Waals surface area contributed by atoms with Gasteiger partial charge in [-0.05, 0) is 42.4 Å². The average Bonchev–Trinajstić information content (AvgIpc) is 2.78. The lowest BCUT2D eigenvalue weighted by Gasteiger charge is -2.20. The van der Waals surface area contributed by atoms with E-state index in [1.165, 1.54) is 24.3 Å². The van der Waals surface area contributed by atoms with Gasteiger partial charge in [0.15, 0.2) is 0 Å². The summed E-state index contributed by atoms with van der Waals surface area (Å²) in [6.45, 7) is 1.42. The molecule has 1 heterocycles. The Balaban J connectivity index is 0.000000905. The van der Waals surface area contributed by atoms with Crippen molar-refractivity contribution in [1.82, 2.24) is 4.57 Å². The highest BCUT2D eigenvalue weighted by molar-refractivity contribution is 7.92. The summed E-state index contributed by atoms with van der Waals surface area (Å²) >= 11 is 11.8. The zero-order valence-corrected chi connectivity index (χ0v) is 21.5. The fourth-order valence-corrected chi connectivity index (χ4v) is 4.50. The number of guanidine groups is 1. The number of oxime groups is 1. The summed E-state index contributed by atoms with van der Waals surface area (Å²) in [4.78, 5) is 38.4. The van der Waals surface area contributed by atoms with E-state index in [0.29, 0.717) is 5.69 Å². The number of primary amides is 1. The fraction of sp³-hybridized carbons (Fsp3) is 0.263. The number of benzene rings is 1. The molecule has 0 saturated heterocycles. The summed E-state index contributed by atoms with van der Waals surface area (Å²) in [6.07, 6.45) is -5.14. The van der Waals surface area contributed by atoms with Crippen LogP contribution in [0, 0.1) is 6.92 Å². The predicted molar refractivity (Wildman–Crippen MR) is 131 cm³/mol. The first-order valence-electron chi connectivity index (χ1n) is 9.88. The molecule has 0 aliphatic rings. The van der Waals surface area contributed by atoms with Crippen LogP contribution in [0.5, 0.6) is 0 Å². The number of hydrogen-bond acceptors (Lipinski definition) is 7. The number of carbonyl (C=O) groups excluding carboxylic acids is 1. The molecule has 8 N–H and O–H groups in total. The molecule has 13 nitrogen and oxygen atoms in total. The molecule has 0 aliphatic carbocycles. The number of aliphatic carboxylic acids is 1. The van der Waals surface area contributed by atoms with Crippen LogP contribution in [0.3, 0.4) is 0 Å². The number of pyridine rings is 1. The van der Waals surface area contributed by atoms with E-state index in [2.05, 4.69) is 9.88 Å². The maximum absolute atomic E-state index is 13.0. The lowest BCUT2D eigenvalue weighted by atomic mass is 10.1. The molecule has 0 radical (unpaired) electrons. The predicted octanol–water partition coefficient (Wildman–Crippen LogP) is 1.52. The van der Waals surface area contributed by atoms with Crippen LogP contribution in [0.15, 0.2) is 45.2 Å². The van der Waals surface area contributed by atoms with E-state index in [4.69, 9.17) is 55.1 Å².